The molecule has 1 heterocycles. The van der Waals surface area contributed by atoms with Gasteiger partial charge in [0.05, 0.1) is 11.9 Å². The summed E-state index contributed by atoms with van der Waals surface area (Å²) in [4.78, 5) is 0. The maximum Gasteiger partial charge on any atom is 0.0663 e. The zero-order valence-corrected chi connectivity index (χ0v) is 11.1. The Hall–Kier alpha value is -1.32. The molecule has 0 radical (unpaired) electrons. The molecule has 0 spiro atoms. The van der Waals surface area contributed by atoms with Crippen molar-refractivity contribution in [3.05, 3.63) is 46.7 Å². The number of aromatic nitrogens is 2. The van der Waals surface area contributed by atoms with Gasteiger partial charge in [-0.3, -0.25) is 0 Å². The van der Waals surface area contributed by atoms with Crippen LogP contribution in [0.1, 0.15) is 24.1 Å². The second-order valence-corrected chi connectivity index (χ2v) is 5.24. The molecule has 3 nitrogen and oxygen atoms in total. The van der Waals surface area contributed by atoms with Crippen LogP contribution in [0.3, 0.4) is 0 Å². The summed E-state index contributed by atoms with van der Waals surface area (Å²) in [7, 11) is 0. The second kappa shape index (κ2) is 4.75. The predicted octanol–water partition coefficient (Wildman–Crippen LogP) is 3.09. The molecule has 2 aromatic rings. The SMILES string of the molecule is Cc1c(CNC2CC2)cnn1-c1cccc(Cl)c1. The van der Waals surface area contributed by atoms with E-state index < -0.39 is 0 Å². The Morgan fingerprint density at radius 3 is 3.00 bits per heavy atom. The largest absolute Gasteiger partial charge is 0.310 e. The molecule has 4 heteroatoms. The predicted molar refractivity (Wildman–Crippen MR) is 73.2 cm³/mol. The van der Waals surface area contributed by atoms with Crippen molar-refractivity contribution in [2.75, 3.05) is 0 Å². The van der Waals surface area contributed by atoms with E-state index in [1.165, 1.54) is 24.1 Å². The highest BCUT2D eigenvalue weighted by atomic mass is 35.5. The number of benzene rings is 1. The van der Waals surface area contributed by atoms with E-state index in [-0.39, 0.29) is 0 Å². The van der Waals surface area contributed by atoms with Crippen molar-refractivity contribution in [3.8, 4) is 5.69 Å². The number of rotatable bonds is 4. The summed E-state index contributed by atoms with van der Waals surface area (Å²) in [6.07, 6.45) is 4.55. The minimum absolute atomic E-state index is 0.721. The normalized spacial score (nSPS) is 15.0. The summed E-state index contributed by atoms with van der Waals surface area (Å²) < 4.78 is 1.94. The van der Waals surface area contributed by atoms with Crippen molar-refractivity contribution < 1.29 is 0 Å². The highest BCUT2D eigenvalue weighted by Crippen LogP contribution is 2.21. The van der Waals surface area contributed by atoms with Crippen molar-refractivity contribution in [1.29, 1.82) is 0 Å². The van der Waals surface area contributed by atoms with Crippen molar-refractivity contribution in [2.45, 2.75) is 32.4 Å². The minimum Gasteiger partial charge on any atom is -0.310 e. The van der Waals surface area contributed by atoms with Gasteiger partial charge in [0.2, 0.25) is 0 Å². The van der Waals surface area contributed by atoms with Gasteiger partial charge < -0.3 is 5.32 Å². The van der Waals surface area contributed by atoms with Gasteiger partial charge in [-0.25, -0.2) is 4.68 Å². The lowest BCUT2D eigenvalue weighted by Crippen LogP contribution is -2.15. The summed E-state index contributed by atoms with van der Waals surface area (Å²) in [5, 5.41) is 8.69. The van der Waals surface area contributed by atoms with E-state index in [0.717, 1.165) is 23.3 Å². The van der Waals surface area contributed by atoms with Gasteiger partial charge in [-0.15, -0.1) is 0 Å². The van der Waals surface area contributed by atoms with E-state index in [1.807, 2.05) is 35.1 Å². The molecule has 0 saturated heterocycles. The van der Waals surface area contributed by atoms with Crippen LogP contribution in [0, 0.1) is 6.92 Å². The summed E-state index contributed by atoms with van der Waals surface area (Å²) in [6, 6.07) is 8.49. The van der Waals surface area contributed by atoms with Crippen LogP contribution in [0.2, 0.25) is 5.02 Å². The van der Waals surface area contributed by atoms with E-state index in [1.54, 1.807) is 0 Å². The van der Waals surface area contributed by atoms with Crippen LogP contribution in [0.15, 0.2) is 30.5 Å². The molecular weight excluding hydrogens is 246 g/mol. The Kier molecular flexibility index (Phi) is 3.10. The second-order valence-electron chi connectivity index (χ2n) is 4.80. The van der Waals surface area contributed by atoms with E-state index >= 15 is 0 Å². The van der Waals surface area contributed by atoms with Crippen LogP contribution >= 0.6 is 11.6 Å². The van der Waals surface area contributed by atoms with Crippen molar-refractivity contribution in [3.63, 3.8) is 0 Å². The van der Waals surface area contributed by atoms with Gasteiger partial charge in [0.25, 0.3) is 0 Å². The number of hydrogen-bond donors (Lipinski definition) is 1. The third-order valence-electron chi connectivity index (χ3n) is 3.32. The number of hydrogen-bond acceptors (Lipinski definition) is 2. The summed E-state index contributed by atoms with van der Waals surface area (Å²) in [5.74, 6) is 0. The van der Waals surface area contributed by atoms with Crippen LogP contribution in [0.5, 0.6) is 0 Å². The Morgan fingerprint density at radius 2 is 2.28 bits per heavy atom. The Morgan fingerprint density at radius 1 is 1.44 bits per heavy atom. The summed E-state index contributed by atoms with van der Waals surface area (Å²) in [5.41, 5.74) is 3.44. The van der Waals surface area contributed by atoms with Gasteiger partial charge in [0.15, 0.2) is 0 Å². The topological polar surface area (TPSA) is 29.9 Å². The van der Waals surface area contributed by atoms with E-state index in [2.05, 4.69) is 17.3 Å². The fourth-order valence-electron chi connectivity index (χ4n) is 2.03. The monoisotopic (exact) mass is 261 g/mol. The third-order valence-corrected chi connectivity index (χ3v) is 3.56. The number of nitrogens with zero attached hydrogens (tertiary/aromatic N) is 2. The molecular formula is C14H16ClN3. The van der Waals surface area contributed by atoms with E-state index in [4.69, 9.17) is 11.6 Å². The zero-order valence-electron chi connectivity index (χ0n) is 10.4. The van der Waals surface area contributed by atoms with Gasteiger partial charge in [-0.05, 0) is 38.0 Å². The smallest absolute Gasteiger partial charge is 0.0663 e. The maximum absolute atomic E-state index is 6.01. The average Bonchev–Trinajstić information content (AvgIpc) is 3.11. The molecule has 0 bridgehead atoms. The summed E-state index contributed by atoms with van der Waals surface area (Å²) in [6.45, 7) is 2.99. The van der Waals surface area contributed by atoms with Crippen molar-refractivity contribution in [2.24, 2.45) is 0 Å². The molecule has 1 N–H and O–H groups in total. The molecule has 1 fully saturated rings. The fraction of sp³-hybridized carbons (Fsp3) is 0.357. The lowest BCUT2D eigenvalue weighted by atomic mass is 10.2. The first kappa shape index (κ1) is 11.8. The van der Waals surface area contributed by atoms with Gasteiger partial charge in [-0.1, -0.05) is 17.7 Å². The van der Waals surface area contributed by atoms with Crippen molar-refractivity contribution in [1.82, 2.24) is 15.1 Å². The Bertz CT molecular complexity index is 558. The first-order valence-electron chi connectivity index (χ1n) is 6.27. The van der Waals surface area contributed by atoms with E-state index in [9.17, 15) is 0 Å². The minimum atomic E-state index is 0.721. The van der Waals surface area contributed by atoms with Crippen LogP contribution < -0.4 is 5.32 Å². The molecule has 1 aliphatic rings. The molecule has 0 unspecified atom stereocenters. The van der Waals surface area contributed by atoms with Crippen LogP contribution in [0.4, 0.5) is 0 Å². The Balaban J connectivity index is 1.83. The average molecular weight is 262 g/mol. The molecule has 1 aliphatic carbocycles. The first-order valence-corrected chi connectivity index (χ1v) is 6.64. The molecule has 1 aromatic carbocycles. The zero-order chi connectivity index (χ0) is 12.5. The lowest BCUT2D eigenvalue weighted by Gasteiger charge is -2.06. The molecule has 94 valence electrons. The Labute approximate surface area is 112 Å². The molecule has 3 rings (SSSR count). The van der Waals surface area contributed by atoms with E-state index in [0.29, 0.717) is 0 Å². The summed E-state index contributed by atoms with van der Waals surface area (Å²) >= 11 is 6.01. The van der Waals surface area contributed by atoms with Crippen LogP contribution in [-0.4, -0.2) is 15.8 Å². The van der Waals surface area contributed by atoms with Gasteiger partial charge in [0, 0.05) is 28.9 Å². The third kappa shape index (κ3) is 2.42. The standard InChI is InChI=1S/C14H16ClN3/c1-10-11(8-16-13-5-6-13)9-17-18(10)14-4-2-3-12(15)7-14/h2-4,7,9,13,16H,5-6,8H2,1H3. The number of halogens is 1. The molecule has 1 saturated carbocycles. The van der Waals surface area contributed by atoms with Crippen molar-refractivity contribution >= 4 is 11.6 Å². The van der Waals surface area contributed by atoms with Gasteiger partial charge in [-0.2, -0.15) is 5.10 Å². The molecule has 1 aromatic heterocycles. The molecule has 0 aliphatic heterocycles. The highest BCUT2D eigenvalue weighted by Gasteiger charge is 2.20. The fourth-order valence-corrected chi connectivity index (χ4v) is 2.21. The van der Waals surface area contributed by atoms with Gasteiger partial charge >= 0.3 is 0 Å². The quantitative estimate of drug-likeness (QED) is 0.917. The van der Waals surface area contributed by atoms with Crippen LogP contribution in [0.25, 0.3) is 5.69 Å². The maximum atomic E-state index is 6.01. The van der Waals surface area contributed by atoms with Crippen LogP contribution in [-0.2, 0) is 6.54 Å². The highest BCUT2D eigenvalue weighted by molar-refractivity contribution is 6.30. The first-order chi connectivity index (χ1) is 8.74. The number of nitrogens with one attached hydrogen (secondary N) is 1. The molecule has 0 atom stereocenters. The molecule has 0 amide bonds. The lowest BCUT2D eigenvalue weighted by molar-refractivity contribution is 0.684. The molecule has 18 heavy (non-hydrogen) atoms. The van der Waals surface area contributed by atoms with Gasteiger partial charge in [0.1, 0.15) is 0 Å².